The topological polar surface area (TPSA) is 108 Å². The molecule has 33 heavy (non-hydrogen) atoms. The number of nitrogens with zero attached hydrogens (tertiary/aromatic N) is 2. The van der Waals surface area contributed by atoms with Crippen molar-refractivity contribution in [2.24, 2.45) is 5.10 Å². The van der Waals surface area contributed by atoms with Crippen molar-refractivity contribution in [2.75, 3.05) is 16.2 Å². The van der Waals surface area contributed by atoms with E-state index in [0.29, 0.717) is 11.3 Å². The maximum absolute atomic E-state index is 13.3. The van der Waals surface area contributed by atoms with Gasteiger partial charge in [0, 0.05) is 5.56 Å². The molecule has 0 aromatic heterocycles. The summed E-state index contributed by atoms with van der Waals surface area (Å²) in [5.74, 6) is -1.82. The number of halogens is 1. The first-order valence-electron chi connectivity index (χ1n) is 9.88. The zero-order valence-corrected chi connectivity index (χ0v) is 18.3. The highest BCUT2D eigenvalue weighted by molar-refractivity contribution is 7.92. The second-order valence-electron chi connectivity index (χ2n) is 7.30. The maximum atomic E-state index is 13.3. The van der Waals surface area contributed by atoms with Crippen LogP contribution in [0.3, 0.4) is 0 Å². The highest BCUT2D eigenvalue weighted by Gasteiger charge is 2.29. The molecule has 3 aromatic carbocycles. The summed E-state index contributed by atoms with van der Waals surface area (Å²) in [7, 11) is -4.20. The first-order chi connectivity index (χ1) is 15.8. The van der Waals surface area contributed by atoms with Gasteiger partial charge in [-0.2, -0.15) is 5.10 Å². The molecule has 0 unspecified atom stereocenters. The van der Waals surface area contributed by atoms with Gasteiger partial charge < -0.3 is 5.32 Å². The number of hydrogen-bond acceptors (Lipinski definition) is 5. The number of hydrazone groups is 1. The monoisotopic (exact) mass is 466 g/mol. The van der Waals surface area contributed by atoms with Gasteiger partial charge in [0.15, 0.2) is 5.71 Å². The lowest BCUT2D eigenvalue weighted by Gasteiger charge is -2.23. The van der Waals surface area contributed by atoms with E-state index in [-0.39, 0.29) is 16.3 Å². The van der Waals surface area contributed by atoms with Crippen molar-refractivity contribution in [1.29, 1.82) is 0 Å². The Morgan fingerprint density at radius 3 is 2.39 bits per heavy atom. The minimum atomic E-state index is -4.20. The molecule has 10 heteroatoms. The van der Waals surface area contributed by atoms with Crippen LogP contribution < -0.4 is 15.0 Å². The molecule has 3 aromatic rings. The molecule has 1 aliphatic heterocycles. The number of anilines is 2. The average Bonchev–Trinajstić information content (AvgIpc) is 3.12. The highest BCUT2D eigenvalue weighted by atomic mass is 32.2. The lowest BCUT2D eigenvalue weighted by atomic mass is 10.1. The molecule has 1 aliphatic rings. The van der Waals surface area contributed by atoms with Crippen molar-refractivity contribution in [3.63, 3.8) is 0 Å². The molecule has 2 N–H and O–H groups in total. The Bertz CT molecular complexity index is 1350. The van der Waals surface area contributed by atoms with E-state index in [1.807, 2.05) is 6.92 Å². The van der Waals surface area contributed by atoms with Crippen LogP contribution in [0.25, 0.3) is 0 Å². The van der Waals surface area contributed by atoms with Gasteiger partial charge in [0.1, 0.15) is 12.4 Å². The van der Waals surface area contributed by atoms with Crippen LogP contribution in [0.2, 0.25) is 0 Å². The number of carbonyl (C=O) groups is 2. The van der Waals surface area contributed by atoms with Crippen LogP contribution in [0.4, 0.5) is 15.8 Å². The SMILES string of the molecule is Cc1ccc(N(CC(=O)N/N=C2\C(=O)Nc3ccccc32)S(=O)(=O)c2ccc(F)cc2)cc1. The predicted octanol–water partition coefficient (Wildman–Crippen LogP) is 2.80. The molecule has 0 saturated heterocycles. The van der Waals surface area contributed by atoms with Crippen molar-refractivity contribution in [2.45, 2.75) is 11.8 Å². The number of para-hydroxylation sites is 1. The van der Waals surface area contributed by atoms with Gasteiger partial charge in [0.05, 0.1) is 16.3 Å². The number of hydrogen-bond donors (Lipinski definition) is 2. The fourth-order valence-electron chi connectivity index (χ4n) is 3.26. The molecule has 0 spiro atoms. The molecule has 0 atom stereocenters. The Hall–Kier alpha value is -4.05. The molecule has 0 bridgehead atoms. The molecule has 0 saturated carbocycles. The molecule has 0 aliphatic carbocycles. The van der Waals surface area contributed by atoms with Crippen LogP contribution in [-0.2, 0) is 19.6 Å². The van der Waals surface area contributed by atoms with Crippen LogP contribution in [0, 0.1) is 12.7 Å². The molecule has 0 radical (unpaired) electrons. The summed E-state index contributed by atoms with van der Waals surface area (Å²) in [6, 6.07) is 17.7. The Morgan fingerprint density at radius 1 is 1.03 bits per heavy atom. The molecule has 168 valence electrons. The van der Waals surface area contributed by atoms with E-state index >= 15 is 0 Å². The van der Waals surface area contributed by atoms with Crippen molar-refractivity contribution in [3.05, 3.63) is 89.7 Å². The van der Waals surface area contributed by atoms with Crippen LogP contribution >= 0.6 is 0 Å². The number of nitrogens with one attached hydrogen (secondary N) is 2. The minimum Gasteiger partial charge on any atom is -0.320 e. The lowest BCUT2D eigenvalue weighted by molar-refractivity contribution is -0.119. The van der Waals surface area contributed by atoms with E-state index in [9.17, 15) is 22.4 Å². The molecule has 4 rings (SSSR count). The zero-order valence-electron chi connectivity index (χ0n) is 17.4. The van der Waals surface area contributed by atoms with E-state index in [4.69, 9.17) is 0 Å². The molecular formula is C23H19FN4O4S. The largest absolute Gasteiger partial charge is 0.320 e. The second kappa shape index (κ2) is 8.83. The maximum Gasteiger partial charge on any atom is 0.276 e. The average molecular weight is 466 g/mol. The third-order valence-electron chi connectivity index (χ3n) is 4.95. The van der Waals surface area contributed by atoms with E-state index in [1.54, 1.807) is 48.5 Å². The summed E-state index contributed by atoms with van der Waals surface area (Å²) < 4.78 is 40.7. The number of sulfonamides is 1. The van der Waals surface area contributed by atoms with Gasteiger partial charge in [-0.3, -0.25) is 13.9 Å². The van der Waals surface area contributed by atoms with E-state index in [1.165, 1.54) is 0 Å². The van der Waals surface area contributed by atoms with Gasteiger partial charge in [-0.15, -0.1) is 0 Å². The predicted molar refractivity (Wildman–Crippen MR) is 122 cm³/mol. The number of amides is 2. The highest BCUT2D eigenvalue weighted by Crippen LogP contribution is 2.25. The van der Waals surface area contributed by atoms with Crippen LogP contribution in [0.5, 0.6) is 0 Å². The molecule has 0 fully saturated rings. The lowest BCUT2D eigenvalue weighted by Crippen LogP contribution is -2.40. The quantitative estimate of drug-likeness (QED) is 0.545. The summed E-state index contributed by atoms with van der Waals surface area (Å²) in [4.78, 5) is 24.7. The number of fused-ring (bicyclic) bond motifs is 1. The Morgan fingerprint density at radius 2 is 1.70 bits per heavy atom. The number of rotatable bonds is 6. The van der Waals surface area contributed by atoms with Gasteiger partial charge in [0.2, 0.25) is 0 Å². The summed E-state index contributed by atoms with van der Waals surface area (Å²) in [5.41, 5.74) is 4.52. The summed E-state index contributed by atoms with van der Waals surface area (Å²) in [6.07, 6.45) is 0. The van der Waals surface area contributed by atoms with Gasteiger partial charge in [-0.05, 0) is 49.4 Å². The van der Waals surface area contributed by atoms with E-state index < -0.39 is 34.2 Å². The van der Waals surface area contributed by atoms with Crippen molar-refractivity contribution >= 4 is 38.9 Å². The van der Waals surface area contributed by atoms with E-state index in [0.717, 1.165) is 34.1 Å². The number of benzene rings is 3. The molecule has 1 heterocycles. The summed E-state index contributed by atoms with van der Waals surface area (Å²) in [6.45, 7) is 1.23. The van der Waals surface area contributed by atoms with E-state index in [2.05, 4.69) is 15.8 Å². The Kier molecular flexibility index (Phi) is 5.93. The van der Waals surface area contributed by atoms with Crippen molar-refractivity contribution in [1.82, 2.24) is 5.43 Å². The number of carbonyl (C=O) groups excluding carboxylic acids is 2. The minimum absolute atomic E-state index is 0.0160. The molecular weight excluding hydrogens is 447 g/mol. The molecule has 2 amide bonds. The number of aryl methyl sites for hydroxylation is 1. The summed E-state index contributed by atoms with van der Waals surface area (Å²) in [5, 5.41) is 6.54. The first kappa shape index (κ1) is 22.2. The normalized spacial score (nSPS) is 14.0. The third kappa shape index (κ3) is 4.60. The van der Waals surface area contributed by atoms with Crippen LogP contribution in [-0.4, -0.2) is 32.5 Å². The second-order valence-corrected chi connectivity index (χ2v) is 9.16. The first-order valence-corrected chi connectivity index (χ1v) is 11.3. The zero-order chi connectivity index (χ0) is 23.6. The Balaban J connectivity index is 1.62. The summed E-state index contributed by atoms with van der Waals surface area (Å²) >= 11 is 0. The third-order valence-corrected chi connectivity index (χ3v) is 6.74. The van der Waals surface area contributed by atoms with Gasteiger partial charge in [-0.1, -0.05) is 35.9 Å². The van der Waals surface area contributed by atoms with Crippen LogP contribution in [0.1, 0.15) is 11.1 Å². The fourth-order valence-corrected chi connectivity index (χ4v) is 4.68. The van der Waals surface area contributed by atoms with Gasteiger partial charge >= 0.3 is 0 Å². The van der Waals surface area contributed by atoms with Gasteiger partial charge in [-0.25, -0.2) is 18.2 Å². The fraction of sp³-hybridized carbons (Fsp3) is 0.0870. The smallest absolute Gasteiger partial charge is 0.276 e. The standard InChI is InChI=1S/C23H19FN4O4S/c1-15-6-10-17(11-7-15)28(33(31,32)18-12-8-16(24)9-13-18)14-21(29)26-27-22-19-4-2-3-5-20(19)25-23(22)30/h2-13H,14H2,1H3,(H,26,29)(H,25,27,30). The van der Waals surface area contributed by atoms with Crippen molar-refractivity contribution < 1.29 is 22.4 Å². The van der Waals surface area contributed by atoms with Crippen LogP contribution in [0.15, 0.2) is 82.8 Å². The molecule has 8 nitrogen and oxygen atoms in total. The van der Waals surface area contributed by atoms with Crippen molar-refractivity contribution in [3.8, 4) is 0 Å². The van der Waals surface area contributed by atoms with Gasteiger partial charge in [0.25, 0.3) is 21.8 Å². The Labute approximate surface area is 189 Å².